The molecule has 0 aromatic heterocycles. The van der Waals surface area contributed by atoms with Gasteiger partial charge in [-0.1, -0.05) is 36.4 Å². The highest BCUT2D eigenvalue weighted by Gasteiger charge is 2.54. The van der Waals surface area contributed by atoms with Gasteiger partial charge in [0, 0.05) is 16.9 Å². The lowest BCUT2D eigenvalue weighted by atomic mass is 9.53. The number of para-hydroxylation sites is 2. The van der Waals surface area contributed by atoms with Crippen molar-refractivity contribution in [2.24, 2.45) is 17.8 Å². The quantitative estimate of drug-likeness (QED) is 0.589. The van der Waals surface area contributed by atoms with Crippen LogP contribution in [0.25, 0.3) is 0 Å². The Bertz CT molecular complexity index is 824. The normalized spacial score (nSPS) is 32.3. The van der Waals surface area contributed by atoms with E-state index in [1.165, 1.54) is 38.5 Å². The van der Waals surface area contributed by atoms with Crippen molar-refractivity contribution in [1.82, 2.24) is 9.76 Å². The van der Waals surface area contributed by atoms with Crippen molar-refractivity contribution in [1.29, 1.82) is 0 Å². The minimum absolute atomic E-state index is 0.0103. The summed E-state index contributed by atoms with van der Waals surface area (Å²) in [6.07, 6.45) is 7.67. The zero-order valence-corrected chi connectivity index (χ0v) is 18.4. The third kappa shape index (κ3) is 3.46. The van der Waals surface area contributed by atoms with Crippen LogP contribution < -0.4 is 9.76 Å². The Morgan fingerprint density at radius 2 is 1.21 bits per heavy atom. The van der Waals surface area contributed by atoms with Crippen LogP contribution in [0, 0.1) is 17.8 Å². The van der Waals surface area contributed by atoms with Gasteiger partial charge in [0.05, 0.1) is 0 Å². The molecule has 154 valence electrons. The summed E-state index contributed by atoms with van der Waals surface area (Å²) >= 11 is 0. The molecule has 0 radical (unpaired) electrons. The Morgan fingerprint density at radius 3 is 1.59 bits per heavy atom. The molecule has 29 heavy (non-hydrogen) atoms. The molecule has 4 aliphatic carbocycles. The van der Waals surface area contributed by atoms with E-state index in [0.717, 1.165) is 29.1 Å². The van der Waals surface area contributed by atoms with E-state index in [0.29, 0.717) is 0 Å². The van der Waals surface area contributed by atoms with Crippen molar-refractivity contribution >= 4 is 19.0 Å². The highest BCUT2D eigenvalue weighted by molar-refractivity contribution is 7.61. The molecule has 1 N–H and O–H groups in total. The van der Waals surface area contributed by atoms with Gasteiger partial charge in [0.25, 0.3) is 0 Å². The largest absolute Gasteiger partial charge is 0.312 e. The molecule has 2 aromatic rings. The molecule has 6 rings (SSSR count). The Labute approximate surface area is 174 Å². The fraction of sp³-hybridized carbons (Fsp3) is 0.500. The van der Waals surface area contributed by atoms with Gasteiger partial charge < -0.3 is 0 Å². The molecule has 2 aromatic carbocycles. The molecule has 0 saturated heterocycles. The first-order valence-corrected chi connectivity index (χ1v) is 12.6. The molecule has 5 heteroatoms. The van der Waals surface area contributed by atoms with Crippen molar-refractivity contribution in [3.05, 3.63) is 60.7 Å². The maximum atomic E-state index is 14.8. The van der Waals surface area contributed by atoms with E-state index in [2.05, 4.69) is 29.4 Å². The molecule has 1 atom stereocenters. The molecule has 4 bridgehead atoms. The molecular formula is C24H32N3OP. The van der Waals surface area contributed by atoms with Crippen LogP contribution in [-0.4, -0.2) is 24.3 Å². The second-order valence-corrected chi connectivity index (χ2v) is 12.2. The van der Waals surface area contributed by atoms with Gasteiger partial charge in [-0.05, 0) is 94.6 Å². The van der Waals surface area contributed by atoms with Crippen LogP contribution in [-0.2, 0) is 4.57 Å². The Kier molecular flexibility index (Phi) is 4.85. The van der Waals surface area contributed by atoms with Crippen molar-refractivity contribution in [2.75, 3.05) is 18.8 Å². The molecule has 4 saturated carbocycles. The number of nitrogens with one attached hydrogen (secondary N) is 1. The molecule has 4 aliphatic rings. The van der Waals surface area contributed by atoms with E-state index in [9.17, 15) is 4.57 Å². The monoisotopic (exact) mass is 409 g/mol. The van der Waals surface area contributed by atoms with Crippen LogP contribution in [0.15, 0.2) is 60.7 Å². The van der Waals surface area contributed by atoms with Crippen molar-refractivity contribution in [3.8, 4) is 0 Å². The SMILES string of the molecule is CN(C)P(=O)(NC12CC3CC(CC(C3)C1)C2)N(c1ccccc1)c1ccccc1. The lowest BCUT2D eigenvalue weighted by molar-refractivity contribution is -0.00916. The van der Waals surface area contributed by atoms with Crippen LogP contribution in [0.2, 0.25) is 0 Å². The fourth-order valence-electron chi connectivity index (χ4n) is 6.49. The van der Waals surface area contributed by atoms with Gasteiger partial charge in [-0.15, -0.1) is 0 Å². The number of hydrogen-bond acceptors (Lipinski definition) is 1. The zero-order chi connectivity index (χ0) is 20.1. The topological polar surface area (TPSA) is 35.6 Å². The van der Waals surface area contributed by atoms with E-state index in [1.54, 1.807) is 0 Å². The highest BCUT2D eigenvalue weighted by atomic mass is 31.2. The van der Waals surface area contributed by atoms with E-state index in [-0.39, 0.29) is 5.54 Å². The summed E-state index contributed by atoms with van der Waals surface area (Å²) in [7, 11) is 0.826. The van der Waals surface area contributed by atoms with Gasteiger partial charge in [-0.3, -0.25) is 9.24 Å². The van der Waals surface area contributed by atoms with Crippen LogP contribution in [0.5, 0.6) is 0 Å². The third-order valence-electron chi connectivity index (χ3n) is 7.24. The summed E-state index contributed by atoms with van der Waals surface area (Å²) in [5.41, 5.74) is 1.94. The van der Waals surface area contributed by atoms with Crippen LogP contribution in [0.3, 0.4) is 0 Å². The molecule has 1 unspecified atom stereocenters. The minimum atomic E-state index is -3.08. The van der Waals surface area contributed by atoms with E-state index in [1.807, 2.05) is 59.8 Å². The number of hydrogen-bond donors (Lipinski definition) is 1. The fourth-order valence-corrected chi connectivity index (χ4v) is 8.93. The van der Waals surface area contributed by atoms with Gasteiger partial charge in [0.2, 0.25) is 0 Å². The second-order valence-electron chi connectivity index (χ2n) is 9.68. The molecular weight excluding hydrogens is 377 g/mol. The Hall–Kier alpha value is -1.61. The molecule has 4 nitrogen and oxygen atoms in total. The smallest absolute Gasteiger partial charge is 0.268 e. The van der Waals surface area contributed by atoms with E-state index >= 15 is 0 Å². The van der Waals surface area contributed by atoms with Crippen molar-refractivity contribution in [2.45, 2.75) is 44.1 Å². The van der Waals surface area contributed by atoms with Gasteiger partial charge in [0.15, 0.2) is 0 Å². The number of nitrogens with zero attached hydrogens (tertiary/aromatic N) is 2. The minimum Gasteiger partial charge on any atom is -0.268 e. The average molecular weight is 410 g/mol. The summed E-state index contributed by atoms with van der Waals surface area (Å²) in [6.45, 7) is 0. The standard InChI is InChI=1S/C24H32N3OP/c1-26(2)29(28,25-24-16-19-13-20(17-24)15-21(14-19)18-24)27(22-9-5-3-6-10-22)23-11-7-4-8-12-23/h3-12,19-21H,13-18H2,1-2H3,(H,25,28). The van der Waals surface area contributed by atoms with Gasteiger partial charge in [-0.2, -0.15) is 0 Å². The molecule has 0 amide bonds. The average Bonchev–Trinajstić information content (AvgIpc) is 2.68. The first kappa shape index (κ1) is 19.4. The summed E-state index contributed by atoms with van der Waals surface area (Å²) < 4.78 is 18.8. The third-order valence-corrected chi connectivity index (χ3v) is 10.1. The zero-order valence-electron chi connectivity index (χ0n) is 17.5. The maximum absolute atomic E-state index is 14.8. The predicted molar refractivity (Wildman–Crippen MR) is 120 cm³/mol. The highest BCUT2D eigenvalue weighted by Crippen LogP contribution is 2.62. The summed E-state index contributed by atoms with van der Waals surface area (Å²) in [4.78, 5) is 0. The molecule has 4 fully saturated rings. The predicted octanol–water partition coefficient (Wildman–Crippen LogP) is 6.05. The Morgan fingerprint density at radius 1 is 0.793 bits per heavy atom. The lowest BCUT2D eigenvalue weighted by Crippen LogP contribution is -2.59. The first-order valence-electron chi connectivity index (χ1n) is 11.0. The number of rotatable bonds is 6. The lowest BCUT2D eigenvalue weighted by Gasteiger charge is -2.58. The summed E-state index contributed by atoms with van der Waals surface area (Å²) in [6, 6.07) is 20.4. The van der Waals surface area contributed by atoms with Crippen LogP contribution >= 0.6 is 7.59 Å². The van der Waals surface area contributed by atoms with Crippen molar-refractivity contribution < 1.29 is 4.57 Å². The second kappa shape index (κ2) is 7.27. The van der Waals surface area contributed by atoms with Gasteiger partial charge in [-0.25, -0.2) is 9.76 Å². The Balaban J connectivity index is 1.57. The van der Waals surface area contributed by atoms with Gasteiger partial charge >= 0.3 is 7.59 Å². The van der Waals surface area contributed by atoms with Gasteiger partial charge in [0.1, 0.15) is 0 Å². The molecule has 0 heterocycles. The first-order chi connectivity index (χ1) is 14.0. The number of anilines is 2. The molecule has 0 spiro atoms. The number of benzene rings is 2. The van der Waals surface area contributed by atoms with Crippen LogP contribution in [0.1, 0.15) is 38.5 Å². The van der Waals surface area contributed by atoms with E-state index in [4.69, 9.17) is 0 Å². The summed E-state index contributed by atoms with van der Waals surface area (Å²) in [5.74, 6) is 2.43. The molecule has 0 aliphatic heterocycles. The van der Waals surface area contributed by atoms with Crippen molar-refractivity contribution in [3.63, 3.8) is 0 Å². The maximum Gasteiger partial charge on any atom is 0.312 e. The van der Waals surface area contributed by atoms with E-state index < -0.39 is 7.59 Å². The summed E-state index contributed by atoms with van der Waals surface area (Å²) in [5, 5.41) is 3.84. The van der Waals surface area contributed by atoms with Crippen LogP contribution in [0.4, 0.5) is 11.4 Å².